The van der Waals surface area contributed by atoms with E-state index in [-0.39, 0.29) is 5.02 Å². The van der Waals surface area contributed by atoms with Crippen LogP contribution in [-0.2, 0) is 16.2 Å². The SMILES string of the molecule is CC(c1ccc(F)cc1)N(C)S(=O)(=O)c1cc(C(F)(F)F)ccc1Cl. The molecule has 0 spiro atoms. The summed E-state index contributed by atoms with van der Waals surface area (Å²) in [4.78, 5) is -0.638. The second-order valence-electron chi connectivity index (χ2n) is 5.39. The molecule has 25 heavy (non-hydrogen) atoms. The third kappa shape index (κ3) is 4.13. The lowest BCUT2D eigenvalue weighted by Gasteiger charge is -2.25. The number of sulfonamides is 1. The van der Waals surface area contributed by atoms with Gasteiger partial charge >= 0.3 is 6.18 Å². The van der Waals surface area contributed by atoms with Gasteiger partial charge in [-0.1, -0.05) is 23.7 Å². The predicted molar refractivity (Wildman–Crippen MR) is 86.2 cm³/mol. The Morgan fingerprint density at radius 2 is 1.64 bits per heavy atom. The summed E-state index contributed by atoms with van der Waals surface area (Å²) in [6, 6.07) is 6.52. The average molecular weight is 396 g/mol. The first kappa shape index (κ1) is 19.7. The van der Waals surface area contributed by atoms with Gasteiger partial charge in [0.1, 0.15) is 10.7 Å². The molecule has 0 aromatic heterocycles. The highest BCUT2D eigenvalue weighted by atomic mass is 35.5. The number of benzene rings is 2. The Labute approximate surface area is 147 Å². The average Bonchev–Trinajstić information content (AvgIpc) is 2.53. The lowest BCUT2D eigenvalue weighted by atomic mass is 10.1. The summed E-state index contributed by atoms with van der Waals surface area (Å²) in [5.41, 5.74) is -0.631. The molecule has 0 aliphatic carbocycles. The van der Waals surface area contributed by atoms with Crippen molar-refractivity contribution < 1.29 is 26.0 Å². The fourth-order valence-corrected chi connectivity index (χ4v) is 4.04. The molecule has 0 radical (unpaired) electrons. The highest BCUT2D eigenvalue weighted by Crippen LogP contribution is 2.35. The van der Waals surface area contributed by atoms with Crippen LogP contribution in [0, 0.1) is 5.82 Å². The van der Waals surface area contributed by atoms with E-state index in [1.807, 2.05) is 0 Å². The molecule has 0 amide bonds. The van der Waals surface area contributed by atoms with Gasteiger partial charge in [0.25, 0.3) is 0 Å². The van der Waals surface area contributed by atoms with Crippen LogP contribution < -0.4 is 0 Å². The monoisotopic (exact) mass is 395 g/mol. The Morgan fingerprint density at radius 1 is 1.08 bits per heavy atom. The van der Waals surface area contributed by atoms with Crippen molar-refractivity contribution in [2.24, 2.45) is 0 Å². The lowest BCUT2D eigenvalue weighted by molar-refractivity contribution is -0.137. The molecule has 0 saturated heterocycles. The smallest absolute Gasteiger partial charge is 0.207 e. The normalized spacial score (nSPS) is 13.9. The molecule has 2 aromatic rings. The van der Waals surface area contributed by atoms with Crippen molar-refractivity contribution in [2.75, 3.05) is 7.05 Å². The Hall–Kier alpha value is -1.64. The van der Waals surface area contributed by atoms with Gasteiger partial charge in [-0.15, -0.1) is 0 Å². The van der Waals surface area contributed by atoms with Crippen molar-refractivity contribution in [3.05, 3.63) is 64.4 Å². The molecule has 2 rings (SSSR count). The molecule has 0 bridgehead atoms. The minimum atomic E-state index is -4.70. The standard InChI is InChI=1S/C16H14ClF4NO2S/c1-10(11-3-6-13(18)7-4-11)22(2)25(23,24)15-9-12(16(19,20)21)5-8-14(15)17/h3-10H,1-2H3. The van der Waals surface area contributed by atoms with Gasteiger partial charge < -0.3 is 0 Å². The second-order valence-corrected chi connectivity index (χ2v) is 7.76. The first-order valence-corrected chi connectivity index (χ1v) is 8.86. The van der Waals surface area contributed by atoms with Crippen molar-refractivity contribution in [3.63, 3.8) is 0 Å². The number of hydrogen-bond acceptors (Lipinski definition) is 2. The first-order chi connectivity index (χ1) is 11.4. The number of alkyl halides is 3. The minimum absolute atomic E-state index is 0.314. The summed E-state index contributed by atoms with van der Waals surface area (Å²) in [7, 11) is -3.08. The zero-order valence-electron chi connectivity index (χ0n) is 13.2. The van der Waals surface area contributed by atoms with E-state index >= 15 is 0 Å². The molecule has 3 nitrogen and oxygen atoms in total. The topological polar surface area (TPSA) is 37.4 Å². The summed E-state index contributed by atoms with van der Waals surface area (Å²) in [5.74, 6) is -0.484. The van der Waals surface area contributed by atoms with Crippen molar-refractivity contribution in [3.8, 4) is 0 Å². The molecule has 0 fully saturated rings. The second kappa shape index (κ2) is 6.93. The predicted octanol–water partition coefficient (Wildman–Crippen LogP) is 4.88. The van der Waals surface area contributed by atoms with E-state index in [1.54, 1.807) is 0 Å². The number of rotatable bonds is 4. The van der Waals surface area contributed by atoms with E-state index in [0.29, 0.717) is 17.7 Å². The summed E-state index contributed by atoms with van der Waals surface area (Å²) >= 11 is 5.82. The van der Waals surface area contributed by atoms with Gasteiger partial charge in [-0.3, -0.25) is 0 Å². The number of nitrogens with zero attached hydrogens (tertiary/aromatic N) is 1. The van der Waals surface area contributed by atoms with Crippen LogP contribution in [0.25, 0.3) is 0 Å². The molecular formula is C16H14ClF4NO2S. The zero-order valence-corrected chi connectivity index (χ0v) is 14.8. The van der Waals surface area contributed by atoms with E-state index < -0.39 is 38.5 Å². The van der Waals surface area contributed by atoms with Crippen molar-refractivity contribution >= 4 is 21.6 Å². The van der Waals surface area contributed by atoms with Crippen LogP contribution >= 0.6 is 11.6 Å². The molecule has 0 heterocycles. The van der Waals surface area contributed by atoms with Gasteiger partial charge in [-0.05, 0) is 42.8 Å². The van der Waals surface area contributed by atoms with Crippen molar-refractivity contribution in [1.82, 2.24) is 4.31 Å². The summed E-state index contributed by atoms with van der Waals surface area (Å²) in [5, 5.41) is -0.314. The van der Waals surface area contributed by atoms with Crippen LogP contribution in [0.4, 0.5) is 17.6 Å². The van der Waals surface area contributed by atoms with Gasteiger partial charge in [0.15, 0.2) is 0 Å². The van der Waals surface area contributed by atoms with Gasteiger partial charge in [0, 0.05) is 13.1 Å². The van der Waals surface area contributed by atoms with E-state index in [4.69, 9.17) is 11.6 Å². The van der Waals surface area contributed by atoms with Crippen molar-refractivity contribution in [2.45, 2.75) is 24.0 Å². The molecule has 136 valence electrons. The highest BCUT2D eigenvalue weighted by Gasteiger charge is 2.34. The van der Waals surface area contributed by atoms with Crippen LogP contribution in [-0.4, -0.2) is 19.8 Å². The molecule has 9 heteroatoms. The lowest BCUT2D eigenvalue weighted by Crippen LogP contribution is -2.30. The summed E-state index contributed by atoms with van der Waals surface area (Å²) in [6.45, 7) is 1.53. The quantitative estimate of drug-likeness (QED) is 0.692. The highest BCUT2D eigenvalue weighted by molar-refractivity contribution is 7.89. The third-order valence-corrected chi connectivity index (χ3v) is 6.22. The van der Waals surface area contributed by atoms with Crippen LogP contribution in [0.1, 0.15) is 24.1 Å². The van der Waals surface area contributed by atoms with Gasteiger partial charge in [-0.2, -0.15) is 17.5 Å². The van der Waals surface area contributed by atoms with Crippen LogP contribution in [0.3, 0.4) is 0 Å². The zero-order chi connectivity index (χ0) is 19.0. The first-order valence-electron chi connectivity index (χ1n) is 7.05. The molecule has 0 aliphatic rings. The number of hydrogen-bond donors (Lipinski definition) is 0. The molecular weight excluding hydrogens is 382 g/mol. The Bertz CT molecular complexity index is 867. The largest absolute Gasteiger partial charge is 0.416 e. The van der Waals surface area contributed by atoms with Gasteiger partial charge in [-0.25, -0.2) is 12.8 Å². The molecule has 0 N–H and O–H groups in total. The minimum Gasteiger partial charge on any atom is -0.207 e. The molecule has 0 saturated carbocycles. The summed E-state index contributed by atoms with van der Waals surface area (Å²) < 4.78 is 77.9. The molecule has 1 atom stereocenters. The molecule has 2 aromatic carbocycles. The molecule has 1 unspecified atom stereocenters. The van der Waals surface area contributed by atoms with Crippen LogP contribution in [0.5, 0.6) is 0 Å². The maximum absolute atomic E-state index is 13.0. The van der Waals surface area contributed by atoms with E-state index in [1.165, 1.54) is 38.2 Å². The van der Waals surface area contributed by atoms with Crippen molar-refractivity contribution in [1.29, 1.82) is 0 Å². The Morgan fingerprint density at radius 3 is 2.16 bits per heavy atom. The van der Waals surface area contributed by atoms with Crippen LogP contribution in [0.15, 0.2) is 47.4 Å². The van der Waals surface area contributed by atoms with E-state index in [9.17, 15) is 26.0 Å². The Balaban J connectivity index is 2.45. The molecule has 0 aliphatic heterocycles. The fraction of sp³-hybridized carbons (Fsp3) is 0.250. The third-order valence-electron chi connectivity index (χ3n) is 3.81. The van der Waals surface area contributed by atoms with E-state index in [0.717, 1.165) is 10.4 Å². The Kier molecular flexibility index (Phi) is 5.46. The fourth-order valence-electron chi connectivity index (χ4n) is 2.19. The van der Waals surface area contributed by atoms with Crippen LogP contribution in [0.2, 0.25) is 5.02 Å². The van der Waals surface area contributed by atoms with Gasteiger partial charge in [0.05, 0.1) is 10.6 Å². The maximum atomic E-state index is 13.0. The maximum Gasteiger partial charge on any atom is 0.416 e. The van der Waals surface area contributed by atoms with E-state index in [2.05, 4.69) is 0 Å². The number of halogens is 5. The van der Waals surface area contributed by atoms with Gasteiger partial charge in [0.2, 0.25) is 10.0 Å². The summed E-state index contributed by atoms with van der Waals surface area (Å²) in [6.07, 6.45) is -4.70.